The molecule has 3 aliphatic heterocycles. The second kappa shape index (κ2) is 10.7. The molecule has 1 saturated carbocycles. The highest BCUT2D eigenvalue weighted by atomic mass is 32.2. The van der Waals surface area contributed by atoms with Crippen molar-refractivity contribution < 1.29 is 19.5 Å². The fraction of sp³-hybridized carbons (Fsp3) is 0.741. The van der Waals surface area contributed by atoms with Crippen LogP contribution in [0.1, 0.15) is 51.9 Å². The van der Waals surface area contributed by atoms with E-state index in [9.17, 15) is 19.5 Å². The first-order valence-corrected chi connectivity index (χ1v) is 14.1. The Labute approximate surface area is 214 Å². The van der Waals surface area contributed by atoms with Crippen LogP contribution in [-0.2, 0) is 14.4 Å². The van der Waals surface area contributed by atoms with Crippen LogP contribution in [0, 0.1) is 17.8 Å². The normalized spacial score (nSPS) is 34.1. The van der Waals surface area contributed by atoms with Crippen LogP contribution < -0.4 is 0 Å². The summed E-state index contributed by atoms with van der Waals surface area (Å²) in [5.41, 5.74) is 0. The van der Waals surface area contributed by atoms with Crippen LogP contribution in [0.25, 0.3) is 0 Å². The van der Waals surface area contributed by atoms with Crippen LogP contribution in [0.15, 0.2) is 25.3 Å². The summed E-state index contributed by atoms with van der Waals surface area (Å²) in [6.45, 7) is 11.0. The van der Waals surface area contributed by atoms with Crippen molar-refractivity contribution in [2.75, 3.05) is 33.3 Å². The van der Waals surface area contributed by atoms with Crippen LogP contribution in [0.4, 0.5) is 0 Å². The van der Waals surface area contributed by atoms with Gasteiger partial charge in [-0.05, 0) is 31.6 Å². The molecule has 3 unspecified atom stereocenters. The van der Waals surface area contributed by atoms with Gasteiger partial charge in [-0.15, -0.1) is 24.9 Å². The summed E-state index contributed by atoms with van der Waals surface area (Å²) < 4.78 is -0.613. The second-order valence-electron chi connectivity index (χ2n) is 10.7. The first kappa shape index (κ1) is 26.3. The Hall–Kier alpha value is -1.80. The van der Waals surface area contributed by atoms with Crippen molar-refractivity contribution in [3.05, 3.63) is 25.3 Å². The van der Waals surface area contributed by atoms with Gasteiger partial charge in [-0.2, -0.15) is 0 Å². The molecule has 194 valence electrons. The van der Waals surface area contributed by atoms with Crippen LogP contribution in [0.3, 0.4) is 0 Å². The van der Waals surface area contributed by atoms with Crippen LogP contribution >= 0.6 is 11.8 Å². The number of amides is 3. The first-order chi connectivity index (χ1) is 16.8. The van der Waals surface area contributed by atoms with Gasteiger partial charge >= 0.3 is 0 Å². The number of aliphatic hydroxyl groups is 1. The topological polar surface area (TPSA) is 81.2 Å². The number of hydrogen-bond acceptors (Lipinski definition) is 5. The van der Waals surface area contributed by atoms with Gasteiger partial charge in [0.15, 0.2) is 0 Å². The Kier molecular flexibility index (Phi) is 8.01. The maximum atomic E-state index is 14.4. The minimum Gasteiger partial charge on any atom is -0.396 e. The number of nitrogens with zero attached hydrogens (tertiary/aromatic N) is 3. The van der Waals surface area contributed by atoms with E-state index in [2.05, 4.69) is 20.1 Å². The number of hydrogen-bond donors (Lipinski definition) is 1. The van der Waals surface area contributed by atoms with E-state index in [1.54, 1.807) is 40.8 Å². The highest BCUT2D eigenvalue weighted by Crippen LogP contribution is 2.68. The number of likely N-dealkylation sites (tertiary alicyclic amines) is 1. The number of likely N-dealkylation sites (N-methyl/N-ethyl adjacent to an activating group) is 1. The zero-order chi connectivity index (χ0) is 25.3. The predicted molar refractivity (Wildman–Crippen MR) is 139 cm³/mol. The van der Waals surface area contributed by atoms with Crippen molar-refractivity contribution in [1.82, 2.24) is 14.7 Å². The molecule has 1 N–H and O–H groups in total. The maximum Gasteiger partial charge on any atom is 0.247 e. The quantitative estimate of drug-likeness (QED) is 0.464. The van der Waals surface area contributed by atoms with Gasteiger partial charge in [-0.3, -0.25) is 14.4 Å². The number of aliphatic hydroxyl groups excluding tert-OH is 1. The smallest absolute Gasteiger partial charge is 0.247 e. The van der Waals surface area contributed by atoms with Crippen molar-refractivity contribution >= 4 is 29.5 Å². The third-order valence-corrected chi connectivity index (χ3v) is 10.8. The van der Waals surface area contributed by atoms with Crippen molar-refractivity contribution in [2.24, 2.45) is 17.8 Å². The van der Waals surface area contributed by atoms with E-state index in [4.69, 9.17) is 0 Å². The molecule has 0 aromatic carbocycles. The highest BCUT2D eigenvalue weighted by Gasteiger charge is 2.76. The molecule has 4 rings (SSSR count). The molecular weight excluding hydrogens is 462 g/mol. The lowest BCUT2D eigenvalue weighted by molar-refractivity contribution is -0.145. The molecule has 0 aromatic rings. The summed E-state index contributed by atoms with van der Waals surface area (Å²) in [4.78, 5) is 47.4. The average molecular weight is 504 g/mol. The second-order valence-corrected chi connectivity index (χ2v) is 12.3. The highest BCUT2D eigenvalue weighted by molar-refractivity contribution is 8.02. The molecule has 0 radical (unpaired) electrons. The minimum absolute atomic E-state index is 0.00173. The lowest BCUT2D eigenvalue weighted by Crippen LogP contribution is -2.59. The van der Waals surface area contributed by atoms with Crippen molar-refractivity contribution in [2.45, 2.75) is 74.0 Å². The van der Waals surface area contributed by atoms with E-state index in [1.807, 2.05) is 4.90 Å². The van der Waals surface area contributed by atoms with Gasteiger partial charge in [0.25, 0.3) is 0 Å². The zero-order valence-electron chi connectivity index (χ0n) is 21.2. The Morgan fingerprint density at radius 1 is 1.17 bits per heavy atom. The average Bonchev–Trinajstić information content (AvgIpc) is 3.44. The van der Waals surface area contributed by atoms with Gasteiger partial charge in [-0.1, -0.05) is 38.3 Å². The number of thioether (sulfide) groups is 1. The number of carbonyl (C=O) groups excluding carboxylic acids is 3. The summed E-state index contributed by atoms with van der Waals surface area (Å²) >= 11 is 1.72. The lowest BCUT2D eigenvalue weighted by Gasteiger charge is -2.43. The number of carbonyl (C=O) groups is 3. The lowest BCUT2D eigenvalue weighted by atomic mass is 9.65. The molecule has 1 spiro atoms. The number of fused-ring (bicyclic) bond motifs is 1. The molecule has 0 aromatic heterocycles. The van der Waals surface area contributed by atoms with Crippen LogP contribution in [0.2, 0.25) is 0 Å². The third kappa shape index (κ3) is 4.24. The summed E-state index contributed by atoms with van der Waals surface area (Å²) in [5, 5.41) is 9.61. The molecule has 8 heteroatoms. The van der Waals surface area contributed by atoms with Gasteiger partial charge in [0.2, 0.25) is 17.7 Å². The minimum atomic E-state index is -0.613. The molecule has 3 saturated heterocycles. The molecule has 35 heavy (non-hydrogen) atoms. The largest absolute Gasteiger partial charge is 0.396 e. The van der Waals surface area contributed by atoms with Crippen LogP contribution in [0.5, 0.6) is 0 Å². The number of rotatable bonds is 10. The fourth-order valence-corrected chi connectivity index (χ4v) is 9.62. The predicted octanol–water partition coefficient (Wildman–Crippen LogP) is 2.70. The standard InChI is InChI=1S/C27H41N3O4S/c1-5-13-28(4)24(32)21-20-17-18(3)27(35-20)22(21)25(33)30(15-10-16-31)23(27)26(34)29(14-6-2)19-11-8-7-9-12-19/h5-6,18-23,31H,1-2,7-17H2,3-4H3/t18?,20-,21+,22+,23?,27?/m1/s1. The fourth-order valence-electron chi connectivity index (χ4n) is 7.21. The van der Waals surface area contributed by atoms with E-state index in [-0.39, 0.29) is 41.5 Å². The van der Waals surface area contributed by atoms with Crippen molar-refractivity contribution in [3.63, 3.8) is 0 Å². The third-order valence-electron chi connectivity index (χ3n) is 8.73. The van der Waals surface area contributed by atoms with Gasteiger partial charge in [0.1, 0.15) is 6.04 Å². The molecule has 2 bridgehead atoms. The van der Waals surface area contributed by atoms with Gasteiger partial charge in [0, 0.05) is 44.6 Å². The van der Waals surface area contributed by atoms with E-state index >= 15 is 0 Å². The van der Waals surface area contributed by atoms with Gasteiger partial charge < -0.3 is 19.8 Å². The summed E-state index contributed by atoms with van der Waals surface area (Å²) in [6.07, 6.45) is 10.1. The molecule has 4 fully saturated rings. The molecule has 1 aliphatic carbocycles. The van der Waals surface area contributed by atoms with E-state index in [1.165, 1.54) is 6.42 Å². The summed E-state index contributed by atoms with van der Waals surface area (Å²) in [5.74, 6) is -0.912. The van der Waals surface area contributed by atoms with E-state index < -0.39 is 22.6 Å². The summed E-state index contributed by atoms with van der Waals surface area (Å²) in [6, 6.07) is -0.449. The SMILES string of the molecule is C=CCN(C)C(=O)[C@@H]1[C@H]2C(=O)N(CCCO)C(C(=O)N(CC=C)C3CCCCC3)C23S[C@@H]1CC3C. The van der Waals surface area contributed by atoms with E-state index in [0.29, 0.717) is 26.1 Å². The van der Waals surface area contributed by atoms with Gasteiger partial charge in [-0.25, -0.2) is 0 Å². The zero-order valence-corrected chi connectivity index (χ0v) is 22.0. The van der Waals surface area contributed by atoms with Gasteiger partial charge in [0.05, 0.1) is 16.6 Å². The summed E-state index contributed by atoms with van der Waals surface area (Å²) in [7, 11) is 1.76. The van der Waals surface area contributed by atoms with Crippen molar-refractivity contribution in [1.29, 1.82) is 0 Å². The molecular formula is C27H41N3O4S. The monoisotopic (exact) mass is 503 g/mol. The molecule has 6 atom stereocenters. The first-order valence-electron chi connectivity index (χ1n) is 13.2. The van der Waals surface area contributed by atoms with E-state index in [0.717, 1.165) is 32.1 Å². The van der Waals surface area contributed by atoms with Crippen LogP contribution in [-0.4, -0.2) is 92.9 Å². The molecule has 3 amide bonds. The Bertz CT molecular complexity index is 859. The molecule has 4 aliphatic rings. The Balaban J connectivity index is 1.74. The Morgan fingerprint density at radius 2 is 1.86 bits per heavy atom. The molecule has 7 nitrogen and oxygen atoms in total. The Morgan fingerprint density at radius 3 is 2.49 bits per heavy atom. The maximum absolute atomic E-state index is 14.4. The molecule has 3 heterocycles. The van der Waals surface area contributed by atoms with Crippen molar-refractivity contribution in [3.8, 4) is 0 Å².